The van der Waals surface area contributed by atoms with E-state index in [1.807, 2.05) is 16.7 Å². The van der Waals surface area contributed by atoms with Crippen LogP contribution in [0.15, 0.2) is 0 Å². The van der Waals surface area contributed by atoms with Crippen molar-refractivity contribution in [3.8, 4) is 0 Å². The lowest BCUT2D eigenvalue weighted by Crippen LogP contribution is -2.37. The molecule has 0 aliphatic carbocycles. The van der Waals surface area contributed by atoms with Gasteiger partial charge in [0.25, 0.3) is 0 Å². The number of carbonyl (C=O) groups is 1. The van der Waals surface area contributed by atoms with E-state index in [9.17, 15) is 4.79 Å². The Morgan fingerprint density at radius 2 is 1.88 bits per heavy atom. The van der Waals surface area contributed by atoms with Gasteiger partial charge in [0.15, 0.2) is 0 Å². The second-order valence-corrected chi connectivity index (χ2v) is 7.34. The van der Waals surface area contributed by atoms with E-state index in [1.165, 1.54) is 0 Å². The van der Waals surface area contributed by atoms with Crippen LogP contribution in [-0.2, 0) is 4.79 Å². The molecule has 0 heterocycles. The number of nitrogens with zero attached hydrogens (tertiary/aromatic N) is 1. The molecule has 0 atom stereocenters. The molecule has 0 aliphatic rings. The fraction of sp³-hybridized carbons (Fsp3) is 0.929. The smallest absolute Gasteiger partial charge is 0.223 e. The maximum atomic E-state index is 12.0. The normalized spacial score (nSPS) is 11.9. The van der Waals surface area contributed by atoms with Gasteiger partial charge in [0.05, 0.1) is 0 Å². The maximum absolute atomic E-state index is 12.0. The summed E-state index contributed by atoms with van der Waals surface area (Å²) in [4.78, 5) is 14.0. The second-order valence-electron chi connectivity index (χ2n) is 6.19. The van der Waals surface area contributed by atoms with Gasteiger partial charge in [-0.3, -0.25) is 4.79 Å². The fourth-order valence-corrected chi connectivity index (χ4v) is 2.54. The van der Waals surface area contributed by atoms with Gasteiger partial charge in [0.2, 0.25) is 5.91 Å². The van der Waals surface area contributed by atoms with Crippen LogP contribution in [-0.4, -0.2) is 35.4 Å². The molecule has 0 aliphatic heterocycles. The van der Waals surface area contributed by atoms with Gasteiger partial charge in [-0.25, -0.2) is 0 Å². The molecule has 0 aromatic rings. The molecule has 102 valence electrons. The van der Waals surface area contributed by atoms with Crippen molar-refractivity contribution in [1.29, 1.82) is 0 Å². The molecule has 0 aromatic heterocycles. The van der Waals surface area contributed by atoms with E-state index in [2.05, 4.69) is 41.5 Å². The van der Waals surface area contributed by atoms with Gasteiger partial charge in [-0.1, -0.05) is 34.6 Å². The lowest BCUT2D eigenvalue weighted by Gasteiger charge is -2.29. The Labute approximate surface area is 112 Å². The standard InChI is InChI=1S/C14H29NOS/c1-7-15(11-14(4,5)6)13(16)8-9-17-10-12(2)3/h12H,7-11H2,1-6H3. The lowest BCUT2D eigenvalue weighted by molar-refractivity contribution is -0.131. The highest BCUT2D eigenvalue weighted by molar-refractivity contribution is 7.99. The van der Waals surface area contributed by atoms with Crippen molar-refractivity contribution < 1.29 is 4.79 Å². The summed E-state index contributed by atoms with van der Waals surface area (Å²) in [7, 11) is 0. The average molecular weight is 259 g/mol. The van der Waals surface area contributed by atoms with Crippen LogP contribution in [0.1, 0.15) is 48.0 Å². The Morgan fingerprint density at radius 3 is 2.29 bits per heavy atom. The minimum atomic E-state index is 0.191. The molecule has 0 saturated carbocycles. The first-order valence-corrected chi connectivity index (χ1v) is 7.77. The molecule has 0 radical (unpaired) electrons. The summed E-state index contributed by atoms with van der Waals surface area (Å²) in [6, 6.07) is 0. The minimum absolute atomic E-state index is 0.191. The van der Waals surface area contributed by atoms with Crippen LogP contribution in [0.25, 0.3) is 0 Å². The zero-order chi connectivity index (χ0) is 13.5. The first-order chi connectivity index (χ1) is 7.76. The third kappa shape index (κ3) is 9.51. The minimum Gasteiger partial charge on any atom is -0.342 e. The fourth-order valence-electron chi connectivity index (χ4n) is 1.59. The third-order valence-corrected chi connectivity index (χ3v) is 3.71. The lowest BCUT2D eigenvalue weighted by atomic mass is 9.96. The molecule has 0 rings (SSSR count). The number of rotatable bonds is 7. The van der Waals surface area contributed by atoms with Crippen molar-refractivity contribution in [2.24, 2.45) is 11.3 Å². The van der Waals surface area contributed by atoms with Gasteiger partial charge in [-0.2, -0.15) is 11.8 Å². The van der Waals surface area contributed by atoms with Gasteiger partial charge in [0, 0.05) is 25.3 Å². The van der Waals surface area contributed by atoms with Gasteiger partial charge in [0.1, 0.15) is 0 Å². The number of carbonyl (C=O) groups excluding carboxylic acids is 1. The zero-order valence-electron chi connectivity index (χ0n) is 12.4. The van der Waals surface area contributed by atoms with Crippen LogP contribution < -0.4 is 0 Å². The number of hydrogen-bond donors (Lipinski definition) is 0. The van der Waals surface area contributed by atoms with E-state index in [0.29, 0.717) is 18.2 Å². The molecule has 17 heavy (non-hydrogen) atoms. The van der Waals surface area contributed by atoms with Crippen LogP contribution >= 0.6 is 11.8 Å². The van der Waals surface area contributed by atoms with Crippen molar-refractivity contribution in [1.82, 2.24) is 4.90 Å². The summed E-state index contributed by atoms with van der Waals surface area (Å²) in [6.07, 6.45) is 0.682. The SMILES string of the molecule is CCN(CC(C)(C)C)C(=O)CCSCC(C)C. The summed E-state index contributed by atoms with van der Waals surface area (Å²) in [6.45, 7) is 14.7. The first kappa shape index (κ1) is 16.8. The molecular formula is C14H29NOS. The summed E-state index contributed by atoms with van der Waals surface area (Å²) in [5, 5.41) is 0. The van der Waals surface area contributed by atoms with E-state index in [4.69, 9.17) is 0 Å². The molecule has 3 heteroatoms. The summed E-state index contributed by atoms with van der Waals surface area (Å²) in [5.74, 6) is 3.13. The van der Waals surface area contributed by atoms with E-state index in [0.717, 1.165) is 24.6 Å². The highest BCUT2D eigenvalue weighted by Crippen LogP contribution is 2.16. The Balaban J connectivity index is 3.93. The molecule has 0 spiro atoms. The number of hydrogen-bond acceptors (Lipinski definition) is 2. The molecule has 0 bridgehead atoms. The average Bonchev–Trinajstić information content (AvgIpc) is 2.19. The molecule has 2 nitrogen and oxygen atoms in total. The van der Waals surface area contributed by atoms with Gasteiger partial charge in [-0.05, 0) is 24.0 Å². The number of thioether (sulfide) groups is 1. The van der Waals surface area contributed by atoms with E-state index >= 15 is 0 Å². The van der Waals surface area contributed by atoms with Crippen LogP contribution in [0.2, 0.25) is 0 Å². The zero-order valence-corrected chi connectivity index (χ0v) is 13.2. The van der Waals surface area contributed by atoms with Crippen molar-refractivity contribution in [2.45, 2.75) is 48.0 Å². The molecule has 1 amide bonds. The molecule has 0 unspecified atom stereocenters. The first-order valence-electron chi connectivity index (χ1n) is 6.61. The van der Waals surface area contributed by atoms with Crippen molar-refractivity contribution in [3.63, 3.8) is 0 Å². The van der Waals surface area contributed by atoms with Gasteiger partial charge in [-0.15, -0.1) is 0 Å². The quantitative estimate of drug-likeness (QED) is 0.650. The van der Waals surface area contributed by atoms with Crippen LogP contribution in [0.5, 0.6) is 0 Å². The summed E-state index contributed by atoms with van der Waals surface area (Å²) >= 11 is 1.89. The monoisotopic (exact) mass is 259 g/mol. The summed E-state index contributed by atoms with van der Waals surface area (Å²) < 4.78 is 0. The van der Waals surface area contributed by atoms with Crippen LogP contribution in [0, 0.1) is 11.3 Å². The van der Waals surface area contributed by atoms with Crippen molar-refractivity contribution >= 4 is 17.7 Å². The van der Waals surface area contributed by atoms with Gasteiger partial charge < -0.3 is 4.90 Å². The highest BCUT2D eigenvalue weighted by atomic mass is 32.2. The van der Waals surface area contributed by atoms with Crippen molar-refractivity contribution in [2.75, 3.05) is 24.6 Å². The Kier molecular flexibility index (Phi) is 7.93. The molecule has 0 N–H and O–H groups in total. The summed E-state index contributed by atoms with van der Waals surface area (Å²) in [5.41, 5.74) is 0.191. The Hall–Kier alpha value is -0.180. The highest BCUT2D eigenvalue weighted by Gasteiger charge is 2.19. The largest absolute Gasteiger partial charge is 0.342 e. The predicted molar refractivity (Wildman–Crippen MR) is 78.5 cm³/mol. The maximum Gasteiger partial charge on any atom is 0.223 e. The molecule has 0 aromatic carbocycles. The van der Waals surface area contributed by atoms with Crippen LogP contribution in [0.4, 0.5) is 0 Å². The Bertz CT molecular complexity index is 221. The second kappa shape index (κ2) is 8.02. The molecular weight excluding hydrogens is 230 g/mol. The molecule has 0 saturated heterocycles. The van der Waals surface area contributed by atoms with Gasteiger partial charge >= 0.3 is 0 Å². The van der Waals surface area contributed by atoms with E-state index in [-0.39, 0.29) is 5.41 Å². The topological polar surface area (TPSA) is 20.3 Å². The number of amides is 1. The molecule has 0 fully saturated rings. The predicted octanol–water partition coefficient (Wildman–Crippen LogP) is 3.66. The Morgan fingerprint density at radius 1 is 1.29 bits per heavy atom. The van der Waals surface area contributed by atoms with E-state index in [1.54, 1.807) is 0 Å². The third-order valence-electron chi connectivity index (χ3n) is 2.31. The van der Waals surface area contributed by atoms with Crippen LogP contribution in [0.3, 0.4) is 0 Å². The van der Waals surface area contributed by atoms with E-state index < -0.39 is 0 Å². The van der Waals surface area contributed by atoms with Crippen molar-refractivity contribution in [3.05, 3.63) is 0 Å².